The van der Waals surface area contributed by atoms with Crippen LogP contribution in [-0.2, 0) is 0 Å². The summed E-state index contributed by atoms with van der Waals surface area (Å²) in [4.78, 5) is 13.6. The molecule has 0 saturated heterocycles. The van der Waals surface area contributed by atoms with Gasteiger partial charge in [0, 0.05) is 18.3 Å². The first kappa shape index (κ1) is 16.6. The molecule has 0 spiro atoms. The molecule has 1 N–H and O–H groups in total. The van der Waals surface area contributed by atoms with Crippen LogP contribution in [0.25, 0.3) is 16.9 Å². The lowest BCUT2D eigenvalue weighted by Gasteiger charge is -2.06. The standard InChI is InChI=1S/C21H17N5O/c1-22-20-19-21(25-18(24-20)13-8-15-6-4-3-5-7-15)26(14-23-19)16-9-11-17(27-2)12-10-16/h3-7,9-12,14H,1-2H3,(H,22,24,25). The van der Waals surface area contributed by atoms with Gasteiger partial charge in [-0.15, -0.1) is 0 Å². The van der Waals surface area contributed by atoms with Crippen LogP contribution in [0.5, 0.6) is 5.75 Å². The minimum absolute atomic E-state index is 0.436. The maximum atomic E-state index is 5.22. The molecule has 0 atom stereocenters. The fraction of sp³-hybridized carbons (Fsp3) is 0.0952. The molecule has 0 unspecified atom stereocenters. The summed E-state index contributed by atoms with van der Waals surface area (Å²) in [5.41, 5.74) is 3.23. The Morgan fingerprint density at radius 3 is 2.44 bits per heavy atom. The molecule has 6 heteroatoms. The number of ether oxygens (including phenoxy) is 1. The van der Waals surface area contributed by atoms with Crippen molar-refractivity contribution in [3.05, 3.63) is 72.3 Å². The Kier molecular flexibility index (Phi) is 4.42. The van der Waals surface area contributed by atoms with Crippen LogP contribution in [0.4, 0.5) is 5.82 Å². The number of imidazole rings is 1. The minimum atomic E-state index is 0.436. The number of rotatable bonds is 3. The summed E-state index contributed by atoms with van der Waals surface area (Å²) >= 11 is 0. The highest BCUT2D eigenvalue weighted by Crippen LogP contribution is 2.23. The van der Waals surface area contributed by atoms with Gasteiger partial charge in [0.15, 0.2) is 17.0 Å². The molecule has 4 rings (SSSR count). The predicted molar refractivity (Wildman–Crippen MR) is 105 cm³/mol. The van der Waals surface area contributed by atoms with Crippen molar-refractivity contribution in [1.82, 2.24) is 19.5 Å². The van der Waals surface area contributed by atoms with E-state index in [-0.39, 0.29) is 0 Å². The largest absolute Gasteiger partial charge is 0.497 e. The van der Waals surface area contributed by atoms with E-state index in [1.165, 1.54) is 0 Å². The monoisotopic (exact) mass is 355 g/mol. The van der Waals surface area contributed by atoms with E-state index in [0.29, 0.717) is 22.8 Å². The second-order valence-corrected chi connectivity index (χ2v) is 5.75. The van der Waals surface area contributed by atoms with E-state index in [0.717, 1.165) is 17.0 Å². The van der Waals surface area contributed by atoms with Crippen LogP contribution in [0.15, 0.2) is 60.9 Å². The second-order valence-electron chi connectivity index (χ2n) is 5.75. The zero-order chi connectivity index (χ0) is 18.6. The minimum Gasteiger partial charge on any atom is -0.497 e. The summed E-state index contributed by atoms with van der Waals surface area (Å²) in [6, 6.07) is 17.5. The van der Waals surface area contributed by atoms with E-state index in [2.05, 4.69) is 32.1 Å². The molecule has 0 radical (unpaired) electrons. The third-order valence-corrected chi connectivity index (χ3v) is 4.08. The summed E-state index contributed by atoms with van der Waals surface area (Å²) in [5, 5.41) is 3.08. The van der Waals surface area contributed by atoms with E-state index in [1.54, 1.807) is 13.4 Å². The third kappa shape index (κ3) is 3.31. The molecular weight excluding hydrogens is 338 g/mol. The first-order valence-electron chi connectivity index (χ1n) is 8.43. The zero-order valence-corrected chi connectivity index (χ0v) is 15.0. The molecule has 132 valence electrons. The summed E-state index contributed by atoms with van der Waals surface area (Å²) < 4.78 is 7.13. The summed E-state index contributed by atoms with van der Waals surface area (Å²) in [5.74, 6) is 8.01. The zero-order valence-electron chi connectivity index (χ0n) is 15.0. The van der Waals surface area contributed by atoms with E-state index < -0.39 is 0 Å². The third-order valence-electron chi connectivity index (χ3n) is 4.08. The Bertz CT molecular complexity index is 1140. The fourth-order valence-electron chi connectivity index (χ4n) is 2.71. The van der Waals surface area contributed by atoms with Gasteiger partial charge >= 0.3 is 0 Å². The van der Waals surface area contributed by atoms with E-state index in [1.807, 2.05) is 66.2 Å². The summed E-state index contributed by atoms with van der Waals surface area (Å²) in [6.07, 6.45) is 1.73. The highest BCUT2D eigenvalue weighted by Gasteiger charge is 2.13. The fourth-order valence-corrected chi connectivity index (χ4v) is 2.71. The highest BCUT2D eigenvalue weighted by atomic mass is 16.5. The Hall–Kier alpha value is -3.85. The molecule has 4 aromatic rings. The molecule has 0 fully saturated rings. The second kappa shape index (κ2) is 7.18. The number of fused-ring (bicyclic) bond motifs is 1. The van der Waals surface area contributed by atoms with Gasteiger partial charge in [0.05, 0.1) is 7.11 Å². The maximum Gasteiger partial charge on any atom is 0.209 e. The SMILES string of the molecule is CNc1nc(C#Cc2ccccc2)nc2c1ncn2-c1ccc(OC)cc1. The van der Waals surface area contributed by atoms with Crippen molar-refractivity contribution in [1.29, 1.82) is 0 Å². The van der Waals surface area contributed by atoms with Gasteiger partial charge in [0.2, 0.25) is 5.82 Å². The van der Waals surface area contributed by atoms with Crippen LogP contribution < -0.4 is 10.1 Å². The first-order chi connectivity index (χ1) is 13.3. The van der Waals surface area contributed by atoms with Gasteiger partial charge in [0.25, 0.3) is 0 Å². The van der Waals surface area contributed by atoms with E-state index in [9.17, 15) is 0 Å². The first-order valence-corrected chi connectivity index (χ1v) is 8.43. The van der Waals surface area contributed by atoms with Crippen molar-refractivity contribution in [3.8, 4) is 23.3 Å². The van der Waals surface area contributed by atoms with Gasteiger partial charge in [0.1, 0.15) is 12.1 Å². The van der Waals surface area contributed by atoms with Crippen LogP contribution in [0.2, 0.25) is 0 Å². The number of nitrogens with one attached hydrogen (secondary N) is 1. The van der Waals surface area contributed by atoms with Gasteiger partial charge in [-0.3, -0.25) is 4.57 Å². The smallest absolute Gasteiger partial charge is 0.209 e. The number of aromatic nitrogens is 4. The summed E-state index contributed by atoms with van der Waals surface area (Å²) in [6.45, 7) is 0. The average molecular weight is 355 g/mol. The average Bonchev–Trinajstić information content (AvgIpc) is 3.16. The van der Waals surface area contributed by atoms with Crippen molar-refractivity contribution >= 4 is 17.0 Å². The molecule has 2 aromatic heterocycles. The van der Waals surface area contributed by atoms with E-state index >= 15 is 0 Å². The van der Waals surface area contributed by atoms with Crippen molar-refractivity contribution in [2.75, 3.05) is 19.5 Å². The summed E-state index contributed by atoms with van der Waals surface area (Å²) in [7, 11) is 3.45. The maximum absolute atomic E-state index is 5.22. The van der Waals surface area contributed by atoms with Crippen LogP contribution in [-0.4, -0.2) is 33.7 Å². The number of hydrogen-bond acceptors (Lipinski definition) is 5. The van der Waals surface area contributed by atoms with Gasteiger partial charge in [-0.05, 0) is 42.3 Å². The van der Waals surface area contributed by atoms with Crippen LogP contribution in [0, 0.1) is 11.8 Å². The predicted octanol–water partition coefficient (Wildman–Crippen LogP) is 3.27. The Balaban J connectivity index is 1.82. The number of hydrogen-bond donors (Lipinski definition) is 1. The van der Waals surface area contributed by atoms with Crippen LogP contribution in [0.3, 0.4) is 0 Å². The molecule has 2 aromatic carbocycles. The molecule has 6 nitrogen and oxygen atoms in total. The molecule has 0 aliphatic carbocycles. The highest BCUT2D eigenvalue weighted by molar-refractivity contribution is 5.84. The van der Waals surface area contributed by atoms with Crippen molar-refractivity contribution in [2.45, 2.75) is 0 Å². The molecule has 0 saturated carbocycles. The molecule has 0 aliphatic heterocycles. The lowest BCUT2D eigenvalue weighted by molar-refractivity contribution is 0.415. The lowest BCUT2D eigenvalue weighted by Crippen LogP contribution is -2.01. The van der Waals surface area contributed by atoms with Gasteiger partial charge < -0.3 is 10.1 Å². The normalized spacial score (nSPS) is 10.3. The van der Waals surface area contributed by atoms with Crippen molar-refractivity contribution in [3.63, 3.8) is 0 Å². The number of anilines is 1. The topological polar surface area (TPSA) is 64.9 Å². The van der Waals surface area contributed by atoms with Crippen molar-refractivity contribution < 1.29 is 4.74 Å². The lowest BCUT2D eigenvalue weighted by atomic mass is 10.2. The van der Waals surface area contributed by atoms with Gasteiger partial charge in [-0.2, -0.15) is 0 Å². The molecule has 0 bridgehead atoms. The van der Waals surface area contributed by atoms with E-state index in [4.69, 9.17) is 4.74 Å². The van der Waals surface area contributed by atoms with Gasteiger partial charge in [-0.25, -0.2) is 15.0 Å². The van der Waals surface area contributed by atoms with Gasteiger partial charge in [-0.1, -0.05) is 24.1 Å². The Morgan fingerprint density at radius 1 is 0.963 bits per heavy atom. The number of nitrogens with zero attached hydrogens (tertiary/aromatic N) is 4. The molecule has 0 amide bonds. The number of benzene rings is 2. The molecule has 0 aliphatic rings. The molecule has 27 heavy (non-hydrogen) atoms. The number of methoxy groups -OCH3 is 1. The molecular formula is C21H17N5O. The Labute approximate surface area is 156 Å². The van der Waals surface area contributed by atoms with Crippen LogP contribution in [0.1, 0.15) is 11.4 Å². The van der Waals surface area contributed by atoms with Crippen LogP contribution >= 0.6 is 0 Å². The Morgan fingerprint density at radius 2 is 1.74 bits per heavy atom. The molecule has 2 heterocycles. The van der Waals surface area contributed by atoms with Crippen molar-refractivity contribution in [2.24, 2.45) is 0 Å². The quantitative estimate of drug-likeness (QED) is 0.572.